The highest BCUT2D eigenvalue weighted by Crippen LogP contribution is 2.40. The zero-order valence-corrected chi connectivity index (χ0v) is 12.1. The van der Waals surface area contributed by atoms with Gasteiger partial charge in [0, 0.05) is 11.3 Å². The lowest BCUT2D eigenvalue weighted by Gasteiger charge is -2.27. The van der Waals surface area contributed by atoms with Crippen LogP contribution >= 0.6 is 24.0 Å². The van der Waals surface area contributed by atoms with Crippen LogP contribution in [-0.2, 0) is 0 Å². The summed E-state index contributed by atoms with van der Waals surface area (Å²) in [5.74, 6) is 0.868. The maximum Gasteiger partial charge on any atom is 0.118 e. The number of fused-ring (bicyclic) bond motifs is 1. The molecule has 3 rings (SSSR count). The second kappa shape index (κ2) is 5.23. The van der Waals surface area contributed by atoms with Gasteiger partial charge in [0.05, 0.1) is 11.3 Å². The second-order valence-corrected chi connectivity index (χ2v) is 6.03. The molecule has 1 atom stereocenters. The Morgan fingerprint density at radius 3 is 2.58 bits per heavy atom. The van der Waals surface area contributed by atoms with Crippen LogP contribution in [0.3, 0.4) is 0 Å². The maximum atomic E-state index is 5.48. The molecule has 2 aromatic carbocycles. The first kappa shape index (κ1) is 12.5. The zero-order valence-electron chi connectivity index (χ0n) is 10.4. The van der Waals surface area contributed by atoms with Crippen molar-refractivity contribution in [1.82, 2.24) is 0 Å². The molecular weight excluding hydrogens is 274 g/mol. The van der Waals surface area contributed by atoms with E-state index in [1.54, 1.807) is 18.9 Å². The molecule has 1 aliphatic heterocycles. The molecular formula is C15H13NOS2. The van der Waals surface area contributed by atoms with Gasteiger partial charge in [0.1, 0.15) is 11.1 Å². The quantitative estimate of drug-likeness (QED) is 0.834. The molecule has 1 heterocycles. The van der Waals surface area contributed by atoms with Crippen LogP contribution in [0.25, 0.3) is 0 Å². The Balaban J connectivity index is 1.90. The number of methoxy groups -OCH3 is 1. The number of ether oxygens (including phenoxy) is 1. The smallest absolute Gasteiger partial charge is 0.118 e. The van der Waals surface area contributed by atoms with Crippen molar-refractivity contribution >= 4 is 33.9 Å². The summed E-state index contributed by atoms with van der Waals surface area (Å²) in [6, 6.07) is 16.2. The van der Waals surface area contributed by atoms with Crippen molar-refractivity contribution in [3.63, 3.8) is 0 Å². The zero-order chi connectivity index (χ0) is 13.2. The third-order valence-corrected chi connectivity index (χ3v) is 4.65. The van der Waals surface area contributed by atoms with Gasteiger partial charge in [0.2, 0.25) is 0 Å². The van der Waals surface area contributed by atoms with E-state index in [-0.39, 0.29) is 5.37 Å². The number of thiocarbonyl (C=S) groups is 1. The van der Waals surface area contributed by atoms with Crippen molar-refractivity contribution in [2.75, 3.05) is 12.4 Å². The minimum Gasteiger partial charge on any atom is -0.497 e. The lowest BCUT2D eigenvalue weighted by Crippen LogP contribution is -2.16. The fourth-order valence-corrected chi connectivity index (χ4v) is 3.52. The van der Waals surface area contributed by atoms with E-state index in [1.807, 2.05) is 24.3 Å². The van der Waals surface area contributed by atoms with Gasteiger partial charge in [-0.1, -0.05) is 54.3 Å². The summed E-state index contributed by atoms with van der Waals surface area (Å²) in [6.45, 7) is 0. The van der Waals surface area contributed by atoms with E-state index in [1.165, 1.54) is 5.56 Å². The predicted octanol–water partition coefficient (Wildman–Crippen LogP) is 4.23. The van der Waals surface area contributed by atoms with Crippen molar-refractivity contribution in [3.8, 4) is 5.75 Å². The molecule has 96 valence electrons. The topological polar surface area (TPSA) is 21.3 Å². The number of benzene rings is 2. The van der Waals surface area contributed by atoms with Crippen LogP contribution in [0.5, 0.6) is 5.75 Å². The van der Waals surface area contributed by atoms with Crippen LogP contribution < -0.4 is 10.1 Å². The average Bonchev–Trinajstić information content (AvgIpc) is 2.47. The molecule has 0 saturated carbocycles. The summed E-state index contributed by atoms with van der Waals surface area (Å²) in [7, 11) is 1.67. The van der Waals surface area contributed by atoms with E-state index < -0.39 is 0 Å². The molecule has 4 heteroatoms. The number of hydrogen-bond donors (Lipinski definition) is 1. The summed E-state index contributed by atoms with van der Waals surface area (Å²) in [5.41, 5.74) is 3.42. The van der Waals surface area contributed by atoms with Gasteiger partial charge < -0.3 is 10.1 Å². The summed E-state index contributed by atoms with van der Waals surface area (Å²) in [4.78, 5) is 0. The molecule has 19 heavy (non-hydrogen) atoms. The Morgan fingerprint density at radius 1 is 1.11 bits per heavy atom. The first-order valence-electron chi connectivity index (χ1n) is 5.98. The van der Waals surface area contributed by atoms with Crippen LogP contribution in [0.1, 0.15) is 16.5 Å². The normalized spacial score (nSPS) is 17.5. The molecule has 0 aromatic heterocycles. The van der Waals surface area contributed by atoms with Gasteiger partial charge in [-0.25, -0.2) is 0 Å². The summed E-state index contributed by atoms with van der Waals surface area (Å²) >= 11 is 7.16. The Bertz CT molecular complexity index is 610. The minimum atomic E-state index is 0.160. The highest BCUT2D eigenvalue weighted by molar-refractivity contribution is 8.24. The van der Waals surface area contributed by atoms with E-state index in [4.69, 9.17) is 17.0 Å². The number of rotatable bonds is 2. The Morgan fingerprint density at radius 2 is 1.84 bits per heavy atom. The van der Waals surface area contributed by atoms with Crippen LogP contribution in [0.4, 0.5) is 5.69 Å². The van der Waals surface area contributed by atoms with Gasteiger partial charge in [-0.3, -0.25) is 0 Å². The predicted molar refractivity (Wildman–Crippen MR) is 85.1 cm³/mol. The first-order valence-corrected chi connectivity index (χ1v) is 7.27. The fourth-order valence-electron chi connectivity index (χ4n) is 2.06. The van der Waals surface area contributed by atoms with Crippen LogP contribution in [-0.4, -0.2) is 11.3 Å². The molecule has 0 amide bonds. The number of para-hydroxylation sites is 1. The Hall–Kier alpha value is -1.52. The molecule has 0 fully saturated rings. The van der Waals surface area contributed by atoms with Crippen molar-refractivity contribution in [1.29, 1.82) is 0 Å². The van der Waals surface area contributed by atoms with Gasteiger partial charge in [-0.15, -0.1) is 0 Å². The largest absolute Gasteiger partial charge is 0.497 e. The van der Waals surface area contributed by atoms with E-state index in [2.05, 4.69) is 29.6 Å². The third kappa shape index (κ3) is 2.46. The van der Waals surface area contributed by atoms with Crippen molar-refractivity contribution in [2.24, 2.45) is 0 Å². The van der Waals surface area contributed by atoms with E-state index >= 15 is 0 Å². The van der Waals surface area contributed by atoms with Gasteiger partial charge in [0.15, 0.2) is 0 Å². The van der Waals surface area contributed by atoms with Crippen LogP contribution in [0.15, 0.2) is 48.5 Å². The average molecular weight is 287 g/mol. The summed E-state index contributed by atoms with van der Waals surface area (Å²) < 4.78 is 6.12. The first-order chi connectivity index (χ1) is 9.28. The number of hydrogen-bond acceptors (Lipinski definition) is 4. The lowest BCUT2D eigenvalue weighted by atomic mass is 10.1. The second-order valence-electron chi connectivity index (χ2n) is 4.25. The molecule has 0 aliphatic carbocycles. The van der Waals surface area contributed by atoms with E-state index in [9.17, 15) is 0 Å². The Kier molecular flexibility index (Phi) is 3.44. The third-order valence-electron chi connectivity index (χ3n) is 3.08. The molecule has 1 aliphatic rings. The number of nitrogens with one attached hydrogen (secondary N) is 1. The van der Waals surface area contributed by atoms with Crippen molar-refractivity contribution in [2.45, 2.75) is 5.37 Å². The number of thioether (sulfide) groups is 1. The highest BCUT2D eigenvalue weighted by Gasteiger charge is 2.23. The summed E-state index contributed by atoms with van der Waals surface area (Å²) in [6.07, 6.45) is 0. The van der Waals surface area contributed by atoms with E-state index in [0.29, 0.717) is 0 Å². The SMILES string of the molecule is COc1ccc(C2Nc3ccccc3C(=S)S2)cc1. The molecule has 2 nitrogen and oxygen atoms in total. The fraction of sp³-hybridized carbons (Fsp3) is 0.133. The van der Waals surface area contributed by atoms with Crippen LogP contribution in [0, 0.1) is 0 Å². The molecule has 2 aromatic rings. The molecule has 0 saturated heterocycles. The Labute approximate surface area is 122 Å². The van der Waals surface area contributed by atoms with Gasteiger partial charge in [0.25, 0.3) is 0 Å². The standard InChI is InChI=1S/C15H13NOS2/c1-17-11-8-6-10(7-9-11)14-16-13-5-3-2-4-12(13)15(18)19-14/h2-9,14,16H,1H3. The van der Waals surface area contributed by atoms with Crippen molar-refractivity contribution < 1.29 is 4.74 Å². The maximum absolute atomic E-state index is 5.48. The molecule has 1 unspecified atom stereocenters. The van der Waals surface area contributed by atoms with Gasteiger partial charge >= 0.3 is 0 Å². The number of anilines is 1. The van der Waals surface area contributed by atoms with Gasteiger partial charge in [-0.05, 0) is 23.8 Å². The minimum absolute atomic E-state index is 0.160. The van der Waals surface area contributed by atoms with Gasteiger partial charge in [-0.2, -0.15) is 0 Å². The highest BCUT2D eigenvalue weighted by atomic mass is 32.2. The molecule has 0 radical (unpaired) electrons. The molecule has 0 spiro atoms. The summed E-state index contributed by atoms with van der Waals surface area (Å²) in [5, 5.41) is 3.68. The molecule has 0 bridgehead atoms. The molecule has 1 N–H and O–H groups in total. The van der Waals surface area contributed by atoms with E-state index in [0.717, 1.165) is 21.2 Å². The monoisotopic (exact) mass is 287 g/mol. The lowest BCUT2D eigenvalue weighted by molar-refractivity contribution is 0.414. The van der Waals surface area contributed by atoms with Crippen molar-refractivity contribution in [3.05, 3.63) is 59.7 Å². The van der Waals surface area contributed by atoms with Crippen LogP contribution in [0.2, 0.25) is 0 Å².